The van der Waals surface area contributed by atoms with E-state index in [1.807, 2.05) is 6.92 Å². The number of nitrogens with two attached hydrogens (primary N) is 1. The molecule has 0 spiro atoms. The summed E-state index contributed by atoms with van der Waals surface area (Å²) in [5.41, 5.74) is 5.88. The molecule has 28 heavy (non-hydrogen) atoms. The van der Waals surface area contributed by atoms with Crippen LogP contribution in [0, 0.1) is 5.13 Å². The Balaban J connectivity index is 2.33. The Hall–Kier alpha value is -0.910. The first kappa shape index (κ1) is 25.1. The maximum Gasteiger partial charge on any atom is 0.198 e. The van der Waals surface area contributed by atoms with Gasteiger partial charge in [-0.3, -0.25) is 0 Å². The summed E-state index contributed by atoms with van der Waals surface area (Å²) in [6, 6.07) is 0. The van der Waals surface area contributed by atoms with Gasteiger partial charge in [0.1, 0.15) is 6.67 Å². The molecule has 0 saturated carbocycles. The summed E-state index contributed by atoms with van der Waals surface area (Å²) in [5, 5.41) is 16.1. The van der Waals surface area contributed by atoms with Crippen LogP contribution in [-0.2, 0) is 0 Å². The zero-order valence-corrected chi connectivity index (χ0v) is 18.1. The second-order valence-electron chi connectivity index (χ2n) is 5.91. The zero-order valence-electron chi connectivity index (χ0n) is 15.8. The highest BCUT2D eigenvalue weighted by Crippen LogP contribution is 2.24. The predicted octanol–water partition coefficient (Wildman–Crippen LogP) is 2.99. The van der Waals surface area contributed by atoms with Crippen molar-refractivity contribution in [1.29, 1.82) is 0 Å². The van der Waals surface area contributed by atoms with Gasteiger partial charge >= 0.3 is 0 Å². The van der Waals surface area contributed by atoms with Gasteiger partial charge in [0.25, 0.3) is 0 Å². The van der Waals surface area contributed by atoms with E-state index in [1.165, 1.54) is 18.0 Å². The van der Waals surface area contributed by atoms with Crippen molar-refractivity contribution in [2.75, 3.05) is 37.6 Å². The van der Waals surface area contributed by atoms with E-state index in [0.29, 0.717) is 29.0 Å². The molecular weight excluding hydrogens is 428 g/mol. The van der Waals surface area contributed by atoms with Crippen molar-refractivity contribution >= 4 is 40.0 Å². The van der Waals surface area contributed by atoms with Crippen LogP contribution in [0.1, 0.15) is 19.8 Å². The third kappa shape index (κ3) is 11.2. The third-order valence-electron chi connectivity index (χ3n) is 3.48. The Morgan fingerprint density at radius 3 is 2.86 bits per heavy atom. The molecule has 0 aromatic carbocycles. The molecule has 0 aliphatic carbocycles. The van der Waals surface area contributed by atoms with E-state index in [4.69, 9.17) is 17.3 Å². The molecule has 0 fully saturated rings. The molecule has 0 bridgehead atoms. The lowest BCUT2D eigenvalue weighted by atomic mass is 10.2. The number of halogens is 3. The molecule has 0 radical (unpaired) electrons. The van der Waals surface area contributed by atoms with Crippen LogP contribution in [0.4, 0.5) is 13.9 Å². The molecule has 0 saturated heterocycles. The van der Waals surface area contributed by atoms with E-state index in [9.17, 15) is 13.9 Å². The number of aromatic nitrogens is 1. The Kier molecular flexibility index (Phi) is 13.5. The molecule has 2 unspecified atom stereocenters. The molecule has 6 nitrogen and oxygen atoms in total. The van der Waals surface area contributed by atoms with Gasteiger partial charge in [-0.25, -0.2) is 9.37 Å². The highest BCUT2D eigenvalue weighted by molar-refractivity contribution is 8.01. The largest absolute Gasteiger partial charge is 0.390 e. The number of nitrogens with zero attached hydrogens (tertiary/aromatic N) is 1. The van der Waals surface area contributed by atoms with E-state index in [1.54, 1.807) is 6.08 Å². The molecule has 0 aliphatic rings. The summed E-state index contributed by atoms with van der Waals surface area (Å²) < 4.78 is 28.7. The van der Waals surface area contributed by atoms with Crippen molar-refractivity contribution in [3.8, 4) is 0 Å². The van der Waals surface area contributed by atoms with Crippen LogP contribution in [-0.4, -0.2) is 54.3 Å². The van der Waals surface area contributed by atoms with E-state index in [0.717, 1.165) is 36.9 Å². The second-order valence-corrected chi connectivity index (χ2v) is 8.48. The summed E-state index contributed by atoms with van der Waals surface area (Å²) in [6.45, 7) is 3.42. The Morgan fingerprint density at radius 1 is 1.46 bits per heavy atom. The fourth-order valence-corrected chi connectivity index (χ4v) is 3.71. The number of unbranched alkanes of at least 4 members (excludes halogenated alkanes) is 1. The number of rotatable bonds is 15. The number of hydrogen-bond acceptors (Lipinski definition) is 8. The Bertz CT molecular complexity index is 618. The molecule has 2 atom stereocenters. The van der Waals surface area contributed by atoms with Crippen LogP contribution in [0.25, 0.3) is 0 Å². The molecule has 11 heteroatoms. The number of allylic oxidation sites excluding steroid dienone is 2. The lowest BCUT2D eigenvalue weighted by molar-refractivity contribution is 0.179. The highest BCUT2D eigenvalue weighted by Gasteiger charge is 2.08. The van der Waals surface area contributed by atoms with Gasteiger partial charge in [0.2, 0.25) is 0 Å². The maximum atomic E-state index is 12.9. The Morgan fingerprint density at radius 2 is 2.21 bits per heavy atom. The van der Waals surface area contributed by atoms with Crippen LogP contribution in [0.5, 0.6) is 0 Å². The Labute approximate surface area is 178 Å². The van der Waals surface area contributed by atoms with Crippen molar-refractivity contribution in [3.05, 3.63) is 34.2 Å². The van der Waals surface area contributed by atoms with Gasteiger partial charge in [-0.1, -0.05) is 22.9 Å². The quantitative estimate of drug-likeness (QED) is 0.158. The normalized spacial score (nSPS) is 14.8. The fourth-order valence-electron chi connectivity index (χ4n) is 2.06. The van der Waals surface area contributed by atoms with Crippen molar-refractivity contribution in [1.82, 2.24) is 15.6 Å². The van der Waals surface area contributed by atoms with Crippen LogP contribution >= 0.6 is 34.9 Å². The average Bonchev–Trinajstić information content (AvgIpc) is 3.09. The van der Waals surface area contributed by atoms with Gasteiger partial charge in [-0.05, 0) is 50.4 Å². The molecule has 1 heterocycles. The summed E-state index contributed by atoms with van der Waals surface area (Å²) in [7, 11) is 0. The lowest BCUT2D eigenvalue weighted by Gasteiger charge is -2.13. The van der Waals surface area contributed by atoms with Gasteiger partial charge in [0.15, 0.2) is 10.3 Å². The average molecular weight is 456 g/mol. The molecule has 160 valence electrons. The first-order valence-electron chi connectivity index (χ1n) is 8.95. The van der Waals surface area contributed by atoms with E-state index in [2.05, 4.69) is 20.3 Å². The van der Waals surface area contributed by atoms with Crippen molar-refractivity contribution in [2.24, 2.45) is 5.73 Å². The molecule has 1 aromatic heterocycles. The number of thiazole rings is 1. The minimum absolute atomic E-state index is 0.0394. The lowest BCUT2D eigenvalue weighted by Crippen LogP contribution is -2.33. The van der Waals surface area contributed by atoms with Crippen LogP contribution in [0.3, 0.4) is 0 Å². The second kappa shape index (κ2) is 15.0. The third-order valence-corrected chi connectivity index (χ3v) is 5.46. The molecule has 1 aromatic rings. The number of nitrogens with one attached hydrogen (secondary N) is 3. The van der Waals surface area contributed by atoms with Crippen LogP contribution < -0.4 is 21.1 Å². The number of aliphatic hydroxyl groups is 1. The van der Waals surface area contributed by atoms with Gasteiger partial charge in [0.05, 0.1) is 23.0 Å². The summed E-state index contributed by atoms with van der Waals surface area (Å²) in [4.78, 5) is 3.88. The summed E-state index contributed by atoms with van der Waals surface area (Å²) >= 11 is 8.57. The SMILES string of the molecule is CC(/C=C(Cl)\C(=C/CF)NCCCCNCC(O)CN)SNc1ncc(F)s1. The van der Waals surface area contributed by atoms with E-state index >= 15 is 0 Å². The zero-order chi connectivity index (χ0) is 20.8. The van der Waals surface area contributed by atoms with Gasteiger partial charge in [-0.15, -0.1) is 0 Å². The maximum absolute atomic E-state index is 12.9. The van der Waals surface area contributed by atoms with Gasteiger partial charge in [-0.2, -0.15) is 4.39 Å². The predicted molar refractivity (Wildman–Crippen MR) is 116 cm³/mol. The van der Waals surface area contributed by atoms with Crippen molar-refractivity contribution in [3.63, 3.8) is 0 Å². The smallest absolute Gasteiger partial charge is 0.198 e. The van der Waals surface area contributed by atoms with E-state index < -0.39 is 12.8 Å². The first-order chi connectivity index (χ1) is 13.5. The fraction of sp³-hybridized carbons (Fsp3) is 0.588. The van der Waals surface area contributed by atoms with Crippen molar-refractivity contribution < 1.29 is 13.9 Å². The minimum atomic E-state index is -0.622. The number of alkyl halides is 1. The molecule has 1 rings (SSSR count). The standard InChI is InChI=1S/C17H28ClF2N5OS2/c1-12(28-25-17-24-11-16(20)27-17)8-14(18)15(4-5-19)23-7-3-2-6-22-10-13(26)9-21/h4,8,11-13,22-23,26H,2-3,5-7,9-10,21H2,1H3,(H,24,25)/b14-8+,15-4+. The van der Waals surface area contributed by atoms with Crippen LogP contribution in [0.15, 0.2) is 29.1 Å². The van der Waals surface area contributed by atoms with Crippen LogP contribution in [0.2, 0.25) is 0 Å². The van der Waals surface area contributed by atoms with E-state index in [-0.39, 0.29) is 16.9 Å². The first-order valence-corrected chi connectivity index (χ1v) is 11.0. The minimum Gasteiger partial charge on any atom is -0.390 e. The molecule has 0 amide bonds. The monoisotopic (exact) mass is 455 g/mol. The molecule has 6 N–H and O–H groups in total. The molecular formula is C17H28ClF2N5OS2. The summed E-state index contributed by atoms with van der Waals surface area (Å²) in [5.74, 6) is 0. The molecule has 0 aliphatic heterocycles. The van der Waals surface area contributed by atoms with Crippen molar-refractivity contribution in [2.45, 2.75) is 31.1 Å². The van der Waals surface area contributed by atoms with Gasteiger partial charge < -0.3 is 26.2 Å². The number of aliphatic hydroxyl groups excluding tert-OH is 1. The number of anilines is 1. The highest BCUT2D eigenvalue weighted by atomic mass is 35.5. The topological polar surface area (TPSA) is 95.2 Å². The number of hydrogen-bond donors (Lipinski definition) is 5. The van der Waals surface area contributed by atoms with Gasteiger partial charge in [0, 0.05) is 24.9 Å². The summed E-state index contributed by atoms with van der Waals surface area (Å²) in [6.07, 6.45) is 5.58.